The molecule has 1 fully saturated rings. The van der Waals surface area contributed by atoms with Gasteiger partial charge in [0.15, 0.2) is 13.2 Å². The van der Waals surface area contributed by atoms with Crippen molar-refractivity contribution in [3.05, 3.63) is 29.8 Å². The summed E-state index contributed by atoms with van der Waals surface area (Å²) in [6, 6.07) is 7.75. The molecular weight excluding hydrogens is 306 g/mol. The molecule has 0 unspecified atom stereocenters. The lowest BCUT2D eigenvalue weighted by molar-refractivity contribution is -0.150. The Morgan fingerprint density at radius 2 is 1.83 bits per heavy atom. The largest absolute Gasteiger partial charge is 0.482 e. The highest BCUT2D eigenvalue weighted by Crippen LogP contribution is 2.23. The lowest BCUT2D eigenvalue weighted by Gasteiger charge is -2.29. The average molecular weight is 333 g/mol. The molecular formula is C19H27NO4. The third-order valence-corrected chi connectivity index (χ3v) is 4.51. The van der Waals surface area contributed by atoms with Gasteiger partial charge in [-0.3, -0.25) is 4.79 Å². The van der Waals surface area contributed by atoms with Gasteiger partial charge in [-0.1, -0.05) is 38.8 Å². The Hall–Kier alpha value is -2.04. The fourth-order valence-electron chi connectivity index (χ4n) is 2.93. The van der Waals surface area contributed by atoms with Crippen LogP contribution in [0.15, 0.2) is 24.3 Å². The Morgan fingerprint density at radius 3 is 2.50 bits per heavy atom. The van der Waals surface area contributed by atoms with Gasteiger partial charge in [-0.05, 0) is 42.9 Å². The van der Waals surface area contributed by atoms with E-state index in [-0.39, 0.29) is 25.2 Å². The number of benzene rings is 1. The standard InChI is InChI=1S/C19H27NO4/c1-3-15-8-10-16(11-9-15)23-13-19(22)24-12-18(21)20-17-7-5-4-6-14(17)2/h8-11,14,17H,3-7,12-13H2,1-2H3,(H,20,21)/t14-,17+/m1/s1. The number of nitrogens with one attached hydrogen (secondary N) is 1. The van der Waals surface area contributed by atoms with Gasteiger partial charge in [-0.2, -0.15) is 0 Å². The number of carbonyl (C=O) groups is 2. The lowest BCUT2D eigenvalue weighted by atomic mass is 9.86. The van der Waals surface area contributed by atoms with Crippen LogP contribution in [-0.2, 0) is 20.7 Å². The summed E-state index contributed by atoms with van der Waals surface area (Å²) >= 11 is 0. The molecule has 0 spiro atoms. The molecule has 0 heterocycles. The third kappa shape index (κ3) is 5.87. The number of ether oxygens (including phenoxy) is 2. The van der Waals surface area contributed by atoms with Crippen LogP contribution in [-0.4, -0.2) is 31.1 Å². The van der Waals surface area contributed by atoms with Crippen molar-refractivity contribution in [2.24, 2.45) is 5.92 Å². The van der Waals surface area contributed by atoms with Crippen LogP contribution in [0.4, 0.5) is 0 Å². The molecule has 1 aliphatic rings. The molecule has 1 aliphatic carbocycles. The maximum Gasteiger partial charge on any atom is 0.344 e. The van der Waals surface area contributed by atoms with Crippen LogP contribution in [0.5, 0.6) is 5.75 Å². The van der Waals surface area contributed by atoms with E-state index in [1.807, 2.05) is 24.3 Å². The zero-order chi connectivity index (χ0) is 17.4. The molecule has 1 N–H and O–H groups in total. The second-order valence-corrected chi connectivity index (χ2v) is 6.38. The van der Waals surface area contributed by atoms with E-state index in [2.05, 4.69) is 19.2 Å². The maximum atomic E-state index is 11.9. The average Bonchev–Trinajstić information content (AvgIpc) is 2.60. The molecule has 1 amide bonds. The van der Waals surface area contributed by atoms with Gasteiger partial charge < -0.3 is 14.8 Å². The zero-order valence-corrected chi connectivity index (χ0v) is 14.5. The van der Waals surface area contributed by atoms with E-state index in [4.69, 9.17) is 9.47 Å². The van der Waals surface area contributed by atoms with Crippen molar-refractivity contribution >= 4 is 11.9 Å². The number of esters is 1. The summed E-state index contributed by atoms with van der Waals surface area (Å²) in [6.45, 7) is 3.78. The molecule has 0 aliphatic heterocycles. The maximum absolute atomic E-state index is 11.9. The van der Waals surface area contributed by atoms with Crippen LogP contribution < -0.4 is 10.1 Å². The summed E-state index contributed by atoms with van der Waals surface area (Å²) in [5.41, 5.74) is 1.21. The second-order valence-electron chi connectivity index (χ2n) is 6.38. The quantitative estimate of drug-likeness (QED) is 0.779. The van der Waals surface area contributed by atoms with Gasteiger partial charge in [0.05, 0.1) is 0 Å². The van der Waals surface area contributed by atoms with Crippen LogP contribution in [0, 0.1) is 5.92 Å². The minimum absolute atomic E-state index is 0.193. The lowest BCUT2D eigenvalue weighted by Crippen LogP contribution is -2.43. The van der Waals surface area contributed by atoms with Gasteiger partial charge in [0.1, 0.15) is 5.75 Å². The van der Waals surface area contributed by atoms with E-state index < -0.39 is 5.97 Å². The number of amides is 1. The molecule has 2 atom stereocenters. The predicted octanol–water partition coefficient (Wildman–Crippen LogP) is 2.87. The van der Waals surface area contributed by atoms with Crippen LogP contribution in [0.3, 0.4) is 0 Å². The summed E-state index contributed by atoms with van der Waals surface area (Å²) in [4.78, 5) is 23.6. The van der Waals surface area contributed by atoms with Crippen LogP contribution in [0.2, 0.25) is 0 Å². The first-order valence-electron chi connectivity index (χ1n) is 8.75. The van der Waals surface area contributed by atoms with Gasteiger partial charge in [0, 0.05) is 6.04 Å². The summed E-state index contributed by atoms with van der Waals surface area (Å²) in [7, 11) is 0. The van der Waals surface area contributed by atoms with Gasteiger partial charge in [0.2, 0.25) is 0 Å². The number of carbonyl (C=O) groups excluding carboxylic acids is 2. The first-order valence-corrected chi connectivity index (χ1v) is 8.75. The van der Waals surface area contributed by atoms with Crippen molar-refractivity contribution < 1.29 is 19.1 Å². The number of hydrogen-bond donors (Lipinski definition) is 1. The normalized spacial score (nSPS) is 20.2. The molecule has 1 saturated carbocycles. The first-order chi connectivity index (χ1) is 11.6. The molecule has 0 bridgehead atoms. The topological polar surface area (TPSA) is 64.6 Å². The number of aryl methyl sites for hydroxylation is 1. The van der Waals surface area contributed by atoms with Gasteiger partial charge in [-0.25, -0.2) is 4.79 Å². The van der Waals surface area contributed by atoms with Crippen molar-refractivity contribution in [1.82, 2.24) is 5.32 Å². The number of rotatable bonds is 7. The van der Waals surface area contributed by atoms with Crippen molar-refractivity contribution in [2.75, 3.05) is 13.2 Å². The minimum atomic E-state index is -0.540. The van der Waals surface area contributed by atoms with Crippen molar-refractivity contribution in [1.29, 1.82) is 0 Å². The molecule has 5 nitrogen and oxygen atoms in total. The third-order valence-electron chi connectivity index (χ3n) is 4.51. The van der Waals surface area contributed by atoms with Crippen molar-refractivity contribution in [3.8, 4) is 5.75 Å². The van der Waals surface area contributed by atoms with E-state index >= 15 is 0 Å². The molecule has 5 heteroatoms. The smallest absolute Gasteiger partial charge is 0.344 e. The SMILES string of the molecule is CCc1ccc(OCC(=O)OCC(=O)N[C@H]2CCCC[C@H]2C)cc1. The molecule has 0 saturated heterocycles. The van der Waals surface area contributed by atoms with E-state index in [9.17, 15) is 9.59 Å². The minimum Gasteiger partial charge on any atom is -0.482 e. The van der Waals surface area contributed by atoms with E-state index in [0.29, 0.717) is 11.7 Å². The van der Waals surface area contributed by atoms with Crippen LogP contribution in [0.25, 0.3) is 0 Å². The zero-order valence-electron chi connectivity index (χ0n) is 14.5. The highest BCUT2D eigenvalue weighted by molar-refractivity contribution is 5.81. The Bertz CT molecular complexity index is 541. The van der Waals surface area contributed by atoms with E-state index in [1.54, 1.807) is 0 Å². The molecule has 2 rings (SSSR count). The molecule has 0 radical (unpaired) electrons. The Labute approximate surface area is 143 Å². The molecule has 24 heavy (non-hydrogen) atoms. The molecule has 1 aromatic carbocycles. The molecule has 1 aromatic rings. The summed E-state index contributed by atoms with van der Waals surface area (Å²) in [6.07, 6.45) is 5.45. The van der Waals surface area contributed by atoms with Gasteiger partial charge in [0.25, 0.3) is 5.91 Å². The van der Waals surface area contributed by atoms with Gasteiger partial charge in [-0.15, -0.1) is 0 Å². The Kier molecular flexibility index (Phi) is 7.09. The highest BCUT2D eigenvalue weighted by atomic mass is 16.6. The summed E-state index contributed by atoms with van der Waals surface area (Å²) in [5, 5.41) is 2.95. The van der Waals surface area contributed by atoms with E-state index in [1.165, 1.54) is 12.0 Å². The first kappa shape index (κ1) is 18.3. The predicted molar refractivity (Wildman–Crippen MR) is 91.8 cm³/mol. The second kappa shape index (κ2) is 9.30. The summed E-state index contributed by atoms with van der Waals surface area (Å²) in [5.74, 6) is 0.313. The van der Waals surface area contributed by atoms with Crippen LogP contribution in [0.1, 0.15) is 45.1 Å². The summed E-state index contributed by atoms with van der Waals surface area (Å²) < 4.78 is 10.3. The van der Waals surface area contributed by atoms with Crippen molar-refractivity contribution in [2.45, 2.75) is 52.0 Å². The fraction of sp³-hybridized carbons (Fsp3) is 0.579. The fourth-order valence-corrected chi connectivity index (χ4v) is 2.93. The molecule has 0 aromatic heterocycles. The number of hydrogen-bond acceptors (Lipinski definition) is 4. The Balaban J connectivity index is 1.65. The molecule has 132 valence electrons. The monoisotopic (exact) mass is 333 g/mol. The Morgan fingerprint density at radius 1 is 1.12 bits per heavy atom. The van der Waals surface area contributed by atoms with E-state index in [0.717, 1.165) is 25.7 Å². The highest BCUT2D eigenvalue weighted by Gasteiger charge is 2.23. The van der Waals surface area contributed by atoms with Crippen molar-refractivity contribution in [3.63, 3.8) is 0 Å². The van der Waals surface area contributed by atoms with Gasteiger partial charge >= 0.3 is 5.97 Å². The van der Waals surface area contributed by atoms with Crippen LogP contribution >= 0.6 is 0 Å².